The molecule has 1 atom stereocenters. The SMILES string of the molecule is Cc1csc([C@@H](C)N)c1Br. The molecule has 0 radical (unpaired) electrons. The second-order valence-corrected chi connectivity index (χ2v) is 4.09. The summed E-state index contributed by atoms with van der Waals surface area (Å²) in [6, 6.07) is 0.146. The van der Waals surface area contributed by atoms with Crippen LogP contribution in [0, 0.1) is 6.92 Å². The highest BCUT2D eigenvalue weighted by Crippen LogP contribution is 2.31. The molecule has 2 N–H and O–H groups in total. The molecule has 1 heterocycles. The quantitative estimate of drug-likeness (QED) is 0.773. The van der Waals surface area contributed by atoms with Crippen molar-refractivity contribution in [2.24, 2.45) is 5.73 Å². The molecule has 0 fully saturated rings. The van der Waals surface area contributed by atoms with Gasteiger partial charge in [0, 0.05) is 15.4 Å². The van der Waals surface area contributed by atoms with Crippen LogP contribution in [0.3, 0.4) is 0 Å². The van der Waals surface area contributed by atoms with Gasteiger partial charge in [0.05, 0.1) is 0 Å². The van der Waals surface area contributed by atoms with Gasteiger partial charge in [-0.3, -0.25) is 0 Å². The summed E-state index contributed by atoms with van der Waals surface area (Å²) in [4.78, 5) is 1.23. The van der Waals surface area contributed by atoms with E-state index in [1.54, 1.807) is 11.3 Å². The van der Waals surface area contributed by atoms with Crippen molar-refractivity contribution in [3.05, 3.63) is 20.3 Å². The first-order valence-corrected chi connectivity index (χ1v) is 4.79. The zero-order valence-corrected chi connectivity index (χ0v) is 8.42. The molecule has 56 valence electrons. The fourth-order valence-corrected chi connectivity index (χ4v) is 2.57. The summed E-state index contributed by atoms with van der Waals surface area (Å²) in [6.45, 7) is 4.07. The van der Waals surface area contributed by atoms with Crippen molar-refractivity contribution in [3.63, 3.8) is 0 Å². The fourth-order valence-electron chi connectivity index (χ4n) is 0.757. The summed E-state index contributed by atoms with van der Waals surface area (Å²) < 4.78 is 1.17. The van der Waals surface area contributed by atoms with Gasteiger partial charge in [-0.25, -0.2) is 0 Å². The van der Waals surface area contributed by atoms with Crippen LogP contribution >= 0.6 is 27.3 Å². The lowest BCUT2D eigenvalue weighted by Crippen LogP contribution is -2.02. The average Bonchev–Trinajstić information content (AvgIpc) is 2.14. The Balaban J connectivity index is 3.05. The molecule has 0 aliphatic heterocycles. The summed E-state index contributed by atoms with van der Waals surface area (Å²) in [7, 11) is 0. The normalized spacial score (nSPS) is 13.6. The number of thiophene rings is 1. The zero-order chi connectivity index (χ0) is 7.72. The fraction of sp³-hybridized carbons (Fsp3) is 0.429. The Kier molecular flexibility index (Phi) is 2.50. The molecule has 3 heteroatoms. The van der Waals surface area contributed by atoms with Gasteiger partial charge in [-0.05, 0) is 40.7 Å². The molecule has 0 aliphatic carbocycles. The Morgan fingerprint density at radius 2 is 2.30 bits per heavy atom. The van der Waals surface area contributed by atoms with E-state index in [1.807, 2.05) is 6.92 Å². The van der Waals surface area contributed by atoms with Crippen molar-refractivity contribution in [3.8, 4) is 0 Å². The van der Waals surface area contributed by atoms with Gasteiger partial charge in [0.25, 0.3) is 0 Å². The predicted molar refractivity (Wildman–Crippen MR) is 49.4 cm³/mol. The molecule has 0 saturated heterocycles. The van der Waals surface area contributed by atoms with Crippen molar-refractivity contribution in [2.75, 3.05) is 0 Å². The monoisotopic (exact) mass is 219 g/mol. The van der Waals surface area contributed by atoms with Gasteiger partial charge in [0.1, 0.15) is 0 Å². The van der Waals surface area contributed by atoms with Crippen LogP contribution in [0.4, 0.5) is 0 Å². The first kappa shape index (κ1) is 8.24. The van der Waals surface area contributed by atoms with Gasteiger partial charge in [-0.2, -0.15) is 0 Å². The lowest BCUT2D eigenvalue weighted by Gasteiger charge is -2.00. The van der Waals surface area contributed by atoms with Crippen LogP contribution in [-0.4, -0.2) is 0 Å². The molecule has 1 nitrogen and oxygen atoms in total. The lowest BCUT2D eigenvalue weighted by atomic mass is 10.2. The summed E-state index contributed by atoms with van der Waals surface area (Å²) in [5.41, 5.74) is 6.98. The Labute approximate surface area is 73.4 Å². The van der Waals surface area contributed by atoms with Crippen LogP contribution in [-0.2, 0) is 0 Å². The Hall–Kier alpha value is 0.140. The van der Waals surface area contributed by atoms with E-state index in [9.17, 15) is 0 Å². The van der Waals surface area contributed by atoms with Crippen LogP contribution in [0.5, 0.6) is 0 Å². The number of rotatable bonds is 1. The van der Waals surface area contributed by atoms with E-state index in [-0.39, 0.29) is 6.04 Å². The molecular weight excluding hydrogens is 210 g/mol. The van der Waals surface area contributed by atoms with Crippen molar-refractivity contribution in [2.45, 2.75) is 19.9 Å². The summed E-state index contributed by atoms with van der Waals surface area (Å²) >= 11 is 5.19. The third-order valence-corrected chi connectivity index (χ3v) is 3.96. The Morgan fingerprint density at radius 1 is 1.70 bits per heavy atom. The lowest BCUT2D eigenvalue weighted by molar-refractivity contribution is 0.833. The Morgan fingerprint density at radius 3 is 2.50 bits per heavy atom. The van der Waals surface area contributed by atoms with Crippen LogP contribution in [0.15, 0.2) is 9.85 Å². The highest BCUT2D eigenvalue weighted by atomic mass is 79.9. The maximum atomic E-state index is 5.71. The number of hydrogen-bond acceptors (Lipinski definition) is 2. The van der Waals surface area contributed by atoms with Crippen molar-refractivity contribution >= 4 is 27.3 Å². The zero-order valence-electron chi connectivity index (χ0n) is 6.02. The molecule has 0 amide bonds. The molecule has 0 spiro atoms. The molecule has 10 heavy (non-hydrogen) atoms. The Bertz CT molecular complexity index is 230. The smallest absolute Gasteiger partial charge is 0.0372 e. The molecule has 0 aromatic carbocycles. The van der Waals surface area contributed by atoms with E-state index in [4.69, 9.17) is 5.73 Å². The van der Waals surface area contributed by atoms with Gasteiger partial charge in [0.15, 0.2) is 0 Å². The highest BCUT2D eigenvalue weighted by molar-refractivity contribution is 9.10. The number of halogens is 1. The number of hydrogen-bond donors (Lipinski definition) is 1. The van der Waals surface area contributed by atoms with Gasteiger partial charge in [-0.1, -0.05) is 0 Å². The van der Waals surface area contributed by atoms with Gasteiger partial charge in [0.2, 0.25) is 0 Å². The minimum atomic E-state index is 0.146. The maximum absolute atomic E-state index is 5.71. The molecule has 0 unspecified atom stereocenters. The van der Waals surface area contributed by atoms with Crippen LogP contribution in [0.2, 0.25) is 0 Å². The van der Waals surface area contributed by atoms with E-state index in [0.717, 1.165) is 0 Å². The minimum Gasteiger partial charge on any atom is -0.323 e. The second kappa shape index (κ2) is 3.03. The molecule has 1 rings (SSSR count). The number of aryl methyl sites for hydroxylation is 1. The molecule has 0 aliphatic rings. The molecule has 1 aromatic rings. The van der Waals surface area contributed by atoms with E-state index in [0.29, 0.717) is 0 Å². The van der Waals surface area contributed by atoms with Gasteiger partial charge >= 0.3 is 0 Å². The van der Waals surface area contributed by atoms with E-state index >= 15 is 0 Å². The highest BCUT2D eigenvalue weighted by Gasteiger charge is 2.08. The first-order valence-electron chi connectivity index (χ1n) is 3.12. The third-order valence-electron chi connectivity index (χ3n) is 1.34. The predicted octanol–water partition coefficient (Wildman–Crippen LogP) is 2.84. The number of nitrogens with two attached hydrogens (primary N) is 1. The third kappa shape index (κ3) is 1.41. The molecule has 1 aromatic heterocycles. The topological polar surface area (TPSA) is 26.0 Å². The first-order chi connectivity index (χ1) is 4.63. The minimum absolute atomic E-state index is 0.146. The van der Waals surface area contributed by atoms with E-state index < -0.39 is 0 Å². The van der Waals surface area contributed by atoms with Gasteiger partial charge in [-0.15, -0.1) is 11.3 Å². The second-order valence-electron chi connectivity index (χ2n) is 2.39. The van der Waals surface area contributed by atoms with Gasteiger partial charge < -0.3 is 5.73 Å². The van der Waals surface area contributed by atoms with E-state index in [2.05, 4.69) is 28.2 Å². The average molecular weight is 220 g/mol. The van der Waals surface area contributed by atoms with Crippen LogP contribution in [0.25, 0.3) is 0 Å². The maximum Gasteiger partial charge on any atom is 0.0372 e. The van der Waals surface area contributed by atoms with Crippen molar-refractivity contribution in [1.29, 1.82) is 0 Å². The largest absolute Gasteiger partial charge is 0.323 e. The molecule has 0 bridgehead atoms. The van der Waals surface area contributed by atoms with Crippen LogP contribution < -0.4 is 5.73 Å². The summed E-state index contributed by atoms with van der Waals surface area (Å²) in [5.74, 6) is 0. The summed E-state index contributed by atoms with van der Waals surface area (Å²) in [5, 5.41) is 2.11. The van der Waals surface area contributed by atoms with Crippen molar-refractivity contribution in [1.82, 2.24) is 0 Å². The van der Waals surface area contributed by atoms with Crippen LogP contribution in [0.1, 0.15) is 23.4 Å². The van der Waals surface area contributed by atoms with E-state index in [1.165, 1.54) is 14.9 Å². The summed E-state index contributed by atoms with van der Waals surface area (Å²) in [6.07, 6.45) is 0. The molecule has 0 saturated carbocycles. The molecular formula is C7H10BrNS. The van der Waals surface area contributed by atoms with Crippen molar-refractivity contribution < 1.29 is 0 Å². The standard InChI is InChI=1S/C7H10BrNS/c1-4-3-10-7(5(2)9)6(4)8/h3,5H,9H2,1-2H3/t5-/m1/s1.